The van der Waals surface area contributed by atoms with Crippen molar-refractivity contribution in [3.63, 3.8) is 0 Å². The van der Waals surface area contributed by atoms with Crippen molar-refractivity contribution in [2.24, 2.45) is 0 Å². The first-order valence-electron chi connectivity index (χ1n) is 6.50. The fourth-order valence-corrected chi connectivity index (χ4v) is 1.60. The van der Waals surface area contributed by atoms with E-state index in [0.717, 1.165) is 12.2 Å². The van der Waals surface area contributed by atoms with Gasteiger partial charge in [0, 0.05) is 18.4 Å². The lowest BCUT2D eigenvalue weighted by atomic mass is 10.1. The molecule has 0 aromatic heterocycles. The number of hydrogen-bond donors (Lipinski definition) is 0. The van der Waals surface area contributed by atoms with Gasteiger partial charge >= 0.3 is 5.97 Å². The highest BCUT2D eigenvalue weighted by atomic mass is 16.5. The highest BCUT2D eigenvalue weighted by Gasteiger charge is 2.08. The summed E-state index contributed by atoms with van der Waals surface area (Å²) in [5.41, 5.74) is 0.647. The number of rotatable bonds is 8. The first-order chi connectivity index (χ1) is 9.17. The van der Waals surface area contributed by atoms with Crippen molar-refractivity contribution in [1.82, 2.24) is 0 Å². The first-order valence-corrected chi connectivity index (χ1v) is 6.50. The molecule has 104 valence electrons. The van der Waals surface area contributed by atoms with Crippen LogP contribution in [-0.2, 0) is 9.53 Å². The predicted octanol–water partition coefficient (Wildman–Crippen LogP) is 3.00. The quantitative estimate of drug-likeness (QED) is 0.535. The lowest BCUT2D eigenvalue weighted by Crippen LogP contribution is -2.04. The number of carbonyl (C=O) groups excluding carboxylic acids is 2. The van der Waals surface area contributed by atoms with Crippen LogP contribution in [-0.4, -0.2) is 25.5 Å². The zero-order chi connectivity index (χ0) is 14.1. The molecule has 0 saturated carbocycles. The van der Waals surface area contributed by atoms with Gasteiger partial charge in [-0.05, 0) is 37.1 Å². The Kier molecular flexibility index (Phi) is 6.64. The molecule has 19 heavy (non-hydrogen) atoms. The summed E-state index contributed by atoms with van der Waals surface area (Å²) in [6.45, 7) is 2.71. The van der Waals surface area contributed by atoms with E-state index in [0.29, 0.717) is 25.0 Å². The van der Waals surface area contributed by atoms with Crippen LogP contribution in [0.5, 0.6) is 5.75 Å². The lowest BCUT2D eigenvalue weighted by Gasteiger charge is -2.05. The van der Waals surface area contributed by atoms with Crippen LogP contribution >= 0.6 is 0 Å². The standard InChI is InChI=1S/C15H20O4/c1-3-11-19-13-9-7-12(8-10-13)14(16)5-4-6-15(17)18-2/h7-10H,3-6,11H2,1-2H3. The maximum absolute atomic E-state index is 11.8. The first kappa shape index (κ1) is 15.2. The lowest BCUT2D eigenvalue weighted by molar-refractivity contribution is -0.140. The van der Waals surface area contributed by atoms with E-state index in [9.17, 15) is 9.59 Å². The van der Waals surface area contributed by atoms with Crippen molar-refractivity contribution in [3.05, 3.63) is 29.8 Å². The molecule has 0 fully saturated rings. The third-order valence-corrected chi connectivity index (χ3v) is 2.66. The van der Waals surface area contributed by atoms with Crippen LogP contribution in [0.3, 0.4) is 0 Å². The minimum atomic E-state index is -0.281. The van der Waals surface area contributed by atoms with Gasteiger partial charge in [0.25, 0.3) is 0 Å². The van der Waals surface area contributed by atoms with Gasteiger partial charge in [0.2, 0.25) is 0 Å². The molecular weight excluding hydrogens is 244 g/mol. The Morgan fingerprint density at radius 1 is 1.11 bits per heavy atom. The highest BCUT2D eigenvalue weighted by Crippen LogP contribution is 2.14. The van der Waals surface area contributed by atoms with Gasteiger partial charge in [-0.25, -0.2) is 0 Å². The van der Waals surface area contributed by atoms with Crippen molar-refractivity contribution in [3.8, 4) is 5.75 Å². The number of ether oxygens (including phenoxy) is 2. The van der Waals surface area contributed by atoms with E-state index in [1.165, 1.54) is 7.11 Å². The Morgan fingerprint density at radius 2 is 1.79 bits per heavy atom. The summed E-state index contributed by atoms with van der Waals surface area (Å²) in [5.74, 6) is 0.523. The molecule has 0 unspecified atom stereocenters. The summed E-state index contributed by atoms with van der Waals surface area (Å²) in [7, 11) is 1.35. The highest BCUT2D eigenvalue weighted by molar-refractivity contribution is 5.96. The average Bonchev–Trinajstić information content (AvgIpc) is 2.45. The van der Waals surface area contributed by atoms with Gasteiger partial charge in [0.05, 0.1) is 13.7 Å². The summed E-state index contributed by atoms with van der Waals surface area (Å²) >= 11 is 0. The van der Waals surface area contributed by atoms with Crippen LogP contribution in [0.1, 0.15) is 43.0 Å². The number of Topliss-reactive ketones (excluding diaryl/α,β-unsaturated/α-hetero) is 1. The van der Waals surface area contributed by atoms with Crippen molar-refractivity contribution >= 4 is 11.8 Å². The van der Waals surface area contributed by atoms with Crippen LogP contribution in [0, 0.1) is 0 Å². The summed E-state index contributed by atoms with van der Waals surface area (Å²) < 4.78 is 9.97. The van der Waals surface area contributed by atoms with Gasteiger partial charge in [-0.1, -0.05) is 6.92 Å². The molecule has 0 saturated heterocycles. The van der Waals surface area contributed by atoms with E-state index >= 15 is 0 Å². The number of carbonyl (C=O) groups is 2. The molecule has 0 amide bonds. The summed E-state index contributed by atoms with van der Waals surface area (Å²) in [4.78, 5) is 22.8. The summed E-state index contributed by atoms with van der Waals surface area (Å²) in [5, 5.41) is 0. The molecule has 1 aromatic rings. The maximum atomic E-state index is 11.8. The fourth-order valence-electron chi connectivity index (χ4n) is 1.60. The molecule has 0 radical (unpaired) electrons. The van der Waals surface area contributed by atoms with Crippen molar-refractivity contribution < 1.29 is 19.1 Å². The maximum Gasteiger partial charge on any atom is 0.305 e. The van der Waals surface area contributed by atoms with Crippen molar-refractivity contribution in [2.45, 2.75) is 32.6 Å². The molecule has 0 N–H and O–H groups in total. The molecule has 1 rings (SSSR count). The molecule has 0 aliphatic carbocycles. The van der Waals surface area contributed by atoms with Gasteiger partial charge < -0.3 is 9.47 Å². The predicted molar refractivity (Wildman–Crippen MR) is 72.4 cm³/mol. The molecule has 1 aromatic carbocycles. The Morgan fingerprint density at radius 3 is 2.37 bits per heavy atom. The number of hydrogen-bond acceptors (Lipinski definition) is 4. The zero-order valence-corrected chi connectivity index (χ0v) is 11.5. The molecule has 4 nitrogen and oxygen atoms in total. The second kappa shape index (κ2) is 8.29. The second-order valence-corrected chi connectivity index (χ2v) is 4.23. The van der Waals surface area contributed by atoms with Crippen LogP contribution in [0.15, 0.2) is 24.3 Å². The van der Waals surface area contributed by atoms with Gasteiger partial charge in [-0.3, -0.25) is 9.59 Å². The van der Waals surface area contributed by atoms with E-state index in [4.69, 9.17) is 4.74 Å². The van der Waals surface area contributed by atoms with E-state index in [1.54, 1.807) is 24.3 Å². The number of methoxy groups -OCH3 is 1. The summed E-state index contributed by atoms with van der Waals surface area (Å²) in [6, 6.07) is 7.10. The topological polar surface area (TPSA) is 52.6 Å². The van der Waals surface area contributed by atoms with Crippen molar-refractivity contribution in [2.75, 3.05) is 13.7 Å². The van der Waals surface area contributed by atoms with E-state index in [1.807, 2.05) is 6.92 Å². The number of esters is 1. The largest absolute Gasteiger partial charge is 0.494 e. The molecule has 0 spiro atoms. The number of benzene rings is 1. The monoisotopic (exact) mass is 264 g/mol. The Balaban J connectivity index is 2.42. The average molecular weight is 264 g/mol. The Labute approximate surface area is 113 Å². The molecule has 0 heterocycles. The van der Waals surface area contributed by atoms with E-state index in [-0.39, 0.29) is 18.2 Å². The smallest absolute Gasteiger partial charge is 0.305 e. The molecule has 4 heteroatoms. The van der Waals surface area contributed by atoms with Gasteiger partial charge in [-0.15, -0.1) is 0 Å². The molecule has 0 atom stereocenters. The second-order valence-electron chi connectivity index (χ2n) is 4.23. The van der Waals surface area contributed by atoms with Gasteiger partial charge in [0.15, 0.2) is 5.78 Å². The van der Waals surface area contributed by atoms with Gasteiger partial charge in [0.1, 0.15) is 5.75 Å². The SMILES string of the molecule is CCCOc1ccc(C(=O)CCCC(=O)OC)cc1. The van der Waals surface area contributed by atoms with Gasteiger partial charge in [-0.2, -0.15) is 0 Å². The summed E-state index contributed by atoms with van der Waals surface area (Å²) in [6.07, 6.45) is 2.10. The van der Waals surface area contributed by atoms with Crippen molar-refractivity contribution in [1.29, 1.82) is 0 Å². The number of ketones is 1. The molecule has 0 aliphatic rings. The van der Waals surface area contributed by atoms with Crippen LogP contribution < -0.4 is 4.74 Å². The normalized spacial score (nSPS) is 10.0. The molecular formula is C15H20O4. The molecule has 0 bridgehead atoms. The Bertz CT molecular complexity index is 409. The third kappa shape index (κ3) is 5.55. The molecule has 0 aliphatic heterocycles. The Hall–Kier alpha value is -1.84. The van der Waals surface area contributed by atoms with E-state index < -0.39 is 0 Å². The minimum Gasteiger partial charge on any atom is -0.494 e. The third-order valence-electron chi connectivity index (χ3n) is 2.66. The van der Waals surface area contributed by atoms with E-state index in [2.05, 4.69) is 4.74 Å². The fraction of sp³-hybridized carbons (Fsp3) is 0.467. The zero-order valence-electron chi connectivity index (χ0n) is 11.5. The van der Waals surface area contributed by atoms with Crippen LogP contribution in [0.2, 0.25) is 0 Å². The minimum absolute atomic E-state index is 0.0333. The van der Waals surface area contributed by atoms with Crippen LogP contribution in [0.4, 0.5) is 0 Å². The van der Waals surface area contributed by atoms with Crippen LogP contribution in [0.25, 0.3) is 0 Å².